The summed E-state index contributed by atoms with van der Waals surface area (Å²) in [4.78, 5) is 0. The Morgan fingerprint density at radius 1 is 1.06 bits per heavy atom. The van der Waals surface area contributed by atoms with Gasteiger partial charge in [0.2, 0.25) is 0 Å². The molecule has 1 aromatic carbocycles. The number of benzene rings is 1. The minimum Gasteiger partial charge on any atom is -0.324 e. The van der Waals surface area contributed by atoms with Crippen molar-refractivity contribution in [2.45, 2.75) is 45.6 Å². The maximum atomic E-state index is 6.00. The first-order chi connectivity index (χ1) is 8.70. The van der Waals surface area contributed by atoms with Gasteiger partial charge in [-0.3, -0.25) is 0 Å². The number of hydrogen-bond acceptors (Lipinski definition) is 2. The third-order valence-corrected chi connectivity index (χ3v) is 3.16. The zero-order valence-electron chi connectivity index (χ0n) is 11.9. The van der Waals surface area contributed by atoms with E-state index in [0.29, 0.717) is 5.92 Å². The van der Waals surface area contributed by atoms with E-state index in [2.05, 4.69) is 31.3 Å². The minimum atomic E-state index is 0.200. The molecule has 0 spiro atoms. The number of piperidine rings is 1. The number of nitrogens with one attached hydrogen (secondary N) is 1. The van der Waals surface area contributed by atoms with E-state index in [1.807, 2.05) is 18.2 Å². The van der Waals surface area contributed by atoms with Crippen molar-refractivity contribution in [3.8, 4) is 0 Å². The highest BCUT2D eigenvalue weighted by Crippen LogP contribution is 2.17. The molecule has 0 radical (unpaired) electrons. The molecule has 102 valence electrons. The summed E-state index contributed by atoms with van der Waals surface area (Å²) in [7, 11) is 0. The van der Waals surface area contributed by atoms with Gasteiger partial charge < -0.3 is 11.1 Å². The Morgan fingerprint density at radius 3 is 2.06 bits per heavy atom. The Kier molecular flexibility index (Phi) is 7.70. The summed E-state index contributed by atoms with van der Waals surface area (Å²) >= 11 is 0. The molecule has 1 heterocycles. The van der Waals surface area contributed by atoms with Gasteiger partial charge in [-0.05, 0) is 43.8 Å². The van der Waals surface area contributed by atoms with Gasteiger partial charge in [0.1, 0.15) is 0 Å². The van der Waals surface area contributed by atoms with E-state index in [1.54, 1.807) is 0 Å². The van der Waals surface area contributed by atoms with E-state index in [-0.39, 0.29) is 6.04 Å². The maximum absolute atomic E-state index is 6.00. The third kappa shape index (κ3) is 6.77. The van der Waals surface area contributed by atoms with Crippen LogP contribution in [0.25, 0.3) is 0 Å². The van der Waals surface area contributed by atoms with Gasteiger partial charge in [-0.25, -0.2) is 0 Å². The van der Waals surface area contributed by atoms with E-state index in [0.717, 1.165) is 6.42 Å². The van der Waals surface area contributed by atoms with E-state index in [1.165, 1.54) is 37.9 Å². The Bertz CT molecular complexity index is 280. The highest BCUT2D eigenvalue weighted by molar-refractivity contribution is 5.18. The molecule has 1 aromatic rings. The zero-order valence-corrected chi connectivity index (χ0v) is 11.9. The molecule has 0 bridgehead atoms. The van der Waals surface area contributed by atoms with Crippen LogP contribution in [0.2, 0.25) is 0 Å². The van der Waals surface area contributed by atoms with Gasteiger partial charge in [-0.15, -0.1) is 0 Å². The summed E-state index contributed by atoms with van der Waals surface area (Å²) in [5.41, 5.74) is 7.24. The molecular weight excluding hydrogens is 220 g/mol. The quantitative estimate of drug-likeness (QED) is 0.859. The van der Waals surface area contributed by atoms with Gasteiger partial charge >= 0.3 is 0 Å². The van der Waals surface area contributed by atoms with Crippen molar-refractivity contribution < 1.29 is 0 Å². The van der Waals surface area contributed by atoms with E-state index in [9.17, 15) is 0 Å². The molecule has 3 N–H and O–H groups in total. The van der Waals surface area contributed by atoms with Crippen molar-refractivity contribution in [1.29, 1.82) is 0 Å². The van der Waals surface area contributed by atoms with Gasteiger partial charge in [-0.1, -0.05) is 50.6 Å². The van der Waals surface area contributed by atoms with Crippen molar-refractivity contribution in [2.75, 3.05) is 13.1 Å². The predicted molar refractivity (Wildman–Crippen MR) is 79.5 cm³/mol. The molecule has 2 heteroatoms. The molecule has 0 amide bonds. The maximum Gasteiger partial charge on any atom is 0.0297 e. The van der Waals surface area contributed by atoms with Crippen LogP contribution in [0.4, 0.5) is 0 Å². The van der Waals surface area contributed by atoms with Crippen LogP contribution in [-0.2, 0) is 0 Å². The van der Waals surface area contributed by atoms with E-state index < -0.39 is 0 Å². The van der Waals surface area contributed by atoms with Gasteiger partial charge in [0.15, 0.2) is 0 Å². The lowest BCUT2D eigenvalue weighted by molar-refractivity contribution is 0.510. The first-order valence-corrected chi connectivity index (χ1v) is 7.21. The molecule has 0 aromatic heterocycles. The first-order valence-electron chi connectivity index (χ1n) is 7.21. The Labute approximate surface area is 112 Å². The second-order valence-corrected chi connectivity index (χ2v) is 5.46. The Hall–Kier alpha value is -0.860. The third-order valence-electron chi connectivity index (χ3n) is 3.16. The SMILES string of the molecule is C1CCNCC1.CC(C)C[C@H](N)c1ccccc1. The summed E-state index contributed by atoms with van der Waals surface area (Å²) in [6, 6.07) is 10.5. The molecular formula is C16H28N2. The second kappa shape index (κ2) is 9.12. The average Bonchev–Trinajstić information content (AvgIpc) is 2.42. The summed E-state index contributed by atoms with van der Waals surface area (Å²) in [5.74, 6) is 0.667. The lowest BCUT2D eigenvalue weighted by Crippen LogP contribution is -2.21. The fraction of sp³-hybridized carbons (Fsp3) is 0.625. The zero-order chi connectivity index (χ0) is 13.2. The molecule has 1 aliphatic heterocycles. The molecule has 18 heavy (non-hydrogen) atoms. The summed E-state index contributed by atoms with van der Waals surface area (Å²) in [5, 5.41) is 3.28. The van der Waals surface area contributed by atoms with Crippen LogP contribution >= 0.6 is 0 Å². The number of nitrogens with two attached hydrogens (primary N) is 1. The van der Waals surface area contributed by atoms with Crippen LogP contribution in [-0.4, -0.2) is 13.1 Å². The molecule has 0 saturated carbocycles. The van der Waals surface area contributed by atoms with Crippen molar-refractivity contribution in [1.82, 2.24) is 5.32 Å². The average molecular weight is 248 g/mol. The van der Waals surface area contributed by atoms with Crippen LogP contribution in [0.1, 0.15) is 51.1 Å². The van der Waals surface area contributed by atoms with Crippen LogP contribution in [0.3, 0.4) is 0 Å². The minimum absolute atomic E-state index is 0.200. The van der Waals surface area contributed by atoms with Gasteiger partial charge in [0.25, 0.3) is 0 Å². The number of hydrogen-bond donors (Lipinski definition) is 2. The monoisotopic (exact) mass is 248 g/mol. The second-order valence-electron chi connectivity index (χ2n) is 5.46. The lowest BCUT2D eigenvalue weighted by atomic mass is 9.98. The molecule has 1 aliphatic rings. The van der Waals surface area contributed by atoms with E-state index >= 15 is 0 Å². The summed E-state index contributed by atoms with van der Waals surface area (Å²) in [6.45, 7) is 6.89. The molecule has 2 nitrogen and oxygen atoms in total. The molecule has 1 fully saturated rings. The largest absolute Gasteiger partial charge is 0.324 e. The summed E-state index contributed by atoms with van der Waals surface area (Å²) < 4.78 is 0. The Morgan fingerprint density at radius 2 is 1.67 bits per heavy atom. The standard InChI is InChI=1S/C11H17N.C5H11N/c1-9(2)8-11(12)10-6-4-3-5-7-10;1-2-4-6-5-3-1/h3-7,9,11H,8,12H2,1-2H3;6H,1-5H2/t11-;/m0./s1. The topological polar surface area (TPSA) is 38.0 Å². The smallest absolute Gasteiger partial charge is 0.0297 e. The first kappa shape index (κ1) is 15.2. The normalized spacial score (nSPS) is 16.9. The molecule has 1 saturated heterocycles. The fourth-order valence-corrected chi connectivity index (χ4v) is 2.15. The highest BCUT2D eigenvalue weighted by atomic mass is 14.9. The molecule has 0 unspecified atom stereocenters. The highest BCUT2D eigenvalue weighted by Gasteiger charge is 2.06. The molecule has 2 rings (SSSR count). The molecule has 0 aliphatic carbocycles. The van der Waals surface area contributed by atoms with E-state index in [4.69, 9.17) is 5.73 Å². The summed E-state index contributed by atoms with van der Waals surface area (Å²) in [6.07, 6.45) is 5.27. The molecule has 1 atom stereocenters. The predicted octanol–water partition coefficient (Wildman–Crippen LogP) is 3.49. The fourth-order valence-electron chi connectivity index (χ4n) is 2.15. The van der Waals surface area contributed by atoms with Gasteiger partial charge in [0, 0.05) is 6.04 Å². The van der Waals surface area contributed by atoms with Crippen molar-refractivity contribution >= 4 is 0 Å². The Balaban J connectivity index is 0.000000225. The number of rotatable bonds is 3. The van der Waals surface area contributed by atoms with Crippen molar-refractivity contribution in [3.63, 3.8) is 0 Å². The van der Waals surface area contributed by atoms with Crippen LogP contribution in [0.5, 0.6) is 0 Å². The van der Waals surface area contributed by atoms with Crippen LogP contribution in [0.15, 0.2) is 30.3 Å². The van der Waals surface area contributed by atoms with Crippen molar-refractivity contribution in [3.05, 3.63) is 35.9 Å². The van der Waals surface area contributed by atoms with Crippen LogP contribution in [0, 0.1) is 5.92 Å². The van der Waals surface area contributed by atoms with Gasteiger partial charge in [-0.2, -0.15) is 0 Å². The van der Waals surface area contributed by atoms with Crippen molar-refractivity contribution in [2.24, 2.45) is 11.7 Å². The van der Waals surface area contributed by atoms with Gasteiger partial charge in [0.05, 0.1) is 0 Å². The lowest BCUT2D eigenvalue weighted by Gasteiger charge is -2.13. The van der Waals surface area contributed by atoms with Crippen LogP contribution < -0.4 is 11.1 Å².